The molecule has 1 aromatic carbocycles. The fourth-order valence-corrected chi connectivity index (χ4v) is 3.44. The first-order valence-electron chi connectivity index (χ1n) is 7.81. The summed E-state index contributed by atoms with van der Waals surface area (Å²) in [5, 5.41) is 0.413. The van der Waals surface area contributed by atoms with Gasteiger partial charge in [-0.25, -0.2) is 4.39 Å². The summed E-state index contributed by atoms with van der Waals surface area (Å²) in [4.78, 5) is 0. The van der Waals surface area contributed by atoms with Gasteiger partial charge in [0.2, 0.25) is 0 Å². The Hall–Kier alpha value is -0.0951. The molecule has 0 saturated heterocycles. The highest BCUT2D eigenvalue weighted by atomic mass is 79.9. The number of hydrogen-bond acceptors (Lipinski definition) is 2. The van der Waals surface area contributed by atoms with E-state index in [1.807, 2.05) is 13.8 Å². The molecule has 1 aromatic rings. The van der Waals surface area contributed by atoms with Gasteiger partial charge in [0.1, 0.15) is 5.82 Å². The third kappa shape index (κ3) is 6.19. The van der Waals surface area contributed by atoms with Crippen LogP contribution in [0.4, 0.5) is 4.39 Å². The van der Waals surface area contributed by atoms with E-state index >= 15 is 0 Å². The quantitative estimate of drug-likeness (QED) is 0.568. The van der Waals surface area contributed by atoms with E-state index in [2.05, 4.69) is 29.6 Å². The monoisotopic (exact) mass is 390 g/mol. The summed E-state index contributed by atoms with van der Waals surface area (Å²) in [6.45, 7) is 4.50. The zero-order chi connectivity index (χ0) is 17.1. The highest BCUT2D eigenvalue weighted by Crippen LogP contribution is 2.38. The molecule has 1 unspecified atom stereocenters. The average molecular weight is 392 g/mol. The number of benzene rings is 1. The number of rotatable bonds is 3. The second kappa shape index (κ2) is 12.3. The molecule has 1 saturated carbocycles. The van der Waals surface area contributed by atoms with E-state index in [0.29, 0.717) is 23.0 Å². The third-order valence-corrected chi connectivity index (χ3v) is 5.11. The normalized spacial score (nSPS) is 16.0. The van der Waals surface area contributed by atoms with Crippen LogP contribution in [0.15, 0.2) is 16.6 Å². The van der Waals surface area contributed by atoms with Crippen molar-refractivity contribution < 1.29 is 4.39 Å². The number of nitrogens with two attached hydrogens (primary N) is 2. The molecule has 0 spiro atoms. The Morgan fingerprint density at radius 1 is 1.27 bits per heavy atom. The van der Waals surface area contributed by atoms with Crippen LogP contribution >= 0.6 is 27.5 Å². The number of halogens is 3. The van der Waals surface area contributed by atoms with Gasteiger partial charge in [-0.1, -0.05) is 44.7 Å². The molecule has 0 amide bonds. The van der Waals surface area contributed by atoms with Gasteiger partial charge in [0, 0.05) is 10.4 Å². The van der Waals surface area contributed by atoms with Crippen LogP contribution in [0, 0.1) is 11.7 Å². The summed E-state index contributed by atoms with van der Waals surface area (Å²) in [5.41, 5.74) is 10.6. The van der Waals surface area contributed by atoms with Gasteiger partial charge in [0.25, 0.3) is 0 Å². The van der Waals surface area contributed by atoms with Crippen molar-refractivity contribution in [3.05, 3.63) is 33.0 Å². The lowest BCUT2D eigenvalue weighted by Gasteiger charge is -2.30. The van der Waals surface area contributed by atoms with E-state index < -0.39 is 0 Å². The molecule has 2 nitrogen and oxygen atoms in total. The van der Waals surface area contributed by atoms with Crippen LogP contribution in [0.25, 0.3) is 0 Å². The Bertz CT molecular complexity index is 429. The third-order valence-electron chi connectivity index (χ3n) is 3.91. The predicted molar refractivity (Wildman–Crippen MR) is 98.8 cm³/mol. The van der Waals surface area contributed by atoms with Gasteiger partial charge in [-0.05, 0) is 58.9 Å². The Morgan fingerprint density at radius 3 is 2.32 bits per heavy atom. The standard InChI is InChI=1S/C14H18BrClFN.C2H6.BH2N/c15-12-6-10(14(17)7-13(12)16)11(8-18)9-4-2-1-3-5-9;2*1-2/h6-7,9,11H,1-5,8,18H2;1-2H3;2H2. The second-order valence-corrected chi connectivity index (χ2v) is 6.29. The summed E-state index contributed by atoms with van der Waals surface area (Å²) in [5.74, 6) is 0.384. The van der Waals surface area contributed by atoms with Crippen LogP contribution in [0.5, 0.6) is 0 Å². The van der Waals surface area contributed by atoms with E-state index in [9.17, 15) is 4.39 Å². The molecule has 4 N–H and O–H groups in total. The molecule has 1 atom stereocenters. The van der Waals surface area contributed by atoms with Crippen LogP contribution in [0.2, 0.25) is 5.02 Å². The van der Waals surface area contributed by atoms with Crippen LogP contribution in [-0.2, 0) is 0 Å². The van der Waals surface area contributed by atoms with Crippen LogP contribution in [-0.4, -0.2) is 14.5 Å². The van der Waals surface area contributed by atoms with E-state index in [0.717, 1.165) is 17.3 Å². The topological polar surface area (TPSA) is 52.0 Å². The lowest BCUT2D eigenvalue weighted by Crippen LogP contribution is -2.24. The summed E-state index contributed by atoms with van der Waals surface area (Å²) < 4.78 is 14.8. The maximum Gasteiger partial charge on any atom is 0.174 e. The molecule has 22 heavy (non-hydrogen) atoms. The molecule has 0 aliphatic heterocycles. The van der Waals surface area contributed by atoms with Crippen molar-refractivity contribution in [2.24, 2.45) is 17.3 Å². The zero-order valence-corrected chi connectivity index (χ0v) is 15.8. The molecule has 0 heterocycles. The second-order valence-electron chi connectivity index (χ2n) is 5.03. The van der Waals surface area contributed by atoms with Crippen molar-refractivity contribution in [2.75, 3.05) is 6.54 Å². The highest BCUT2D eigenvalue weighted by molar-refractivity contribution is 9.10. The van der Waals surface area contributed by atoms with E-state index in [1.165, 1.54) is 25.3 Å². The highest BCUT2D eigenvalue weighted by Gasteiger charge is 2.26. The largest absolute Gasteiger partial charge is 0.380 e. The van der Waals surface area contributed by atoms with Gasteiger partial charge in [0.05, 0.1) is 5.02 Å². The molecule has 6 heteroatoms. The average Bonchev–Trinajstić information content (AvgIpc) is 2.58. The molecular weight excluding hydrogens is 365 g/mol. The molecule has 124 valence electrons. The van der Waals surface area contributed by atoms with Gasteiger partial charge in [-0.3, -0.25) is 0 Å². The smallest absolute Gasteiger partial charge is 0.174 e. The molecule has 0 aromatic heterocycles. The fourth-order valence-electron chi connectivity index (χ4n) is 2.93. The molecule has 1 aliphatic carbocycles. The maximum absolute atomic E-state index is 14.1. The van der Waals surface area contributed by atoms with Gasteiger partial charge < -0.3 is 11.4 Å². The molecule has 2 radical (unpaired) electrons. The molecule has 2 rings (SSSR count). The van der Waals surface area contributed by atoms with Crippen molar-refractivity contribution in [2.45, 2.75) is 51.9 Å². The van der Waals surface area contributed by atoms with Crippen LogP contribution in [0.1, 0.15) is 57.4 Å². The molecule has 1 aliphatic rings. The minimum absolute atomic E-state index is 0.110. The Labute approximate surface area is 148 Å². The molecular formula is C16H26BBrClFN2. The lowest BCUT2D eigenvalue weighted by molar-refractivity contribution is 0.303. The van der Waals surface area contributed by atoms with Crippen molar-refractivity contribution >= 4 is 35.5 Å². The van der Waals surface area contributed by atoms with Gasteiger partial charge >= 0.3 is 0 Å². The van der Waals surface area contributed by atoms with Gasteiger partial charge in [-0.15, -0.1) is 0 Å². The zero-order valence-electron chi connectivity index (χ0n) is 13.4. The van der Waals surface area contributed by atoms with Crippen LogP contribution in [0.3, 0.4) is 0 Å². The minimum atomic E-state index is -0.232. The summed E-state index contributed by atoms with van der Waals surface area (Å²) in [7, 11) is 4.00. The first-order valence-corrected chi connectivity index (χ1v) is 8.98. The summed E-state index contributed by atoms with van der Waals surface area (Å²) >= 11 is 9.26. The van der Waals surface area contributed by atoms with E-state index in [4.69, 9.17) is 17.3 Å². The van der Waals surface area contributed by atoms with E-state index in [1.54, 1.807) is 6.07 Å². The van der Waals surface area contributed by atoms with Crippen molar-refractivity contribution in [1.82, 2.24) is 0 Å². The minimum Gasteiger partial charge on any atom is -0.380 e. The summed E-state index contributed by atoms with van der Waals surface area (Å²) in [6, 6.07) is 3.18. The van der Waals surface area contributed by atoms with Crippen molar-refractivity contribution in [1.29, 1.82) is 0 Å². The van der Waals surface area contributed by atoms with Gasteiger partial charge in [-0.2, -0.15) is 0 Å². The first-order chi connectivity index (χ1) is 10.6. The fraction of sp³-hybridized carbons (Fsp3) is 0.625. The summed E-state index contributed by atoms with van der Waals surface area (Å²) in [6.07, 6.45) is 6.07. The lowest BCUT2D eigenvalue weighted by atomic mass is 9.77. The Balaban J connectivity index is 0.00000102. The Morgan fingerprint density at radius 2 is 1.82 bits per heavy atom. The molecule has 0 bridgehead atoms. The Kier molecular flexibility index (Phi) is 12.3. The molecule has 1 fully saturated rings. The van der Waals surface area contributed by atoms with Crippen LogP contribution < -0.4 is 11.4 Å². The van der Waals surface area contributed by atoms with Gasteiger partial charge in [0.15, 0.2) is 7.98 Å². The van der Waals surface area contributed by atoms with Crippen molar-refractivity contribution in [3.63, 3.8) is 0 Å². The first kappa shape index (κ1) is 21.9. The number of hydrogen-bond donors (Lipinski definition) is 2. The predicted octanol–water partition coefficient (Wildman–Crippen LogP) is 4.92. The van der Waals surface area contributed by atoms with E-state index in [-0.39, 0.29) is 11.7 Å². The SMILES string of the molecule is CC.NCC(c1cc(Br)c(Cl)cc1F)C1CCCCC1.[B]N. The van der Waals surface area contributed by atoms with Crippen molar-refractivity contribution in [3.8, 4) is 0 Å². The maximum atomic E-state index is 14.1.